The second kappa shape index (κ2) is 8.48. The Morgan fingerprint density at radius 2 is 1.88 bits per heavy atom. The van der Waals surface area contributed by atoms with E-state index in [4.69, 9.17) is 5.26 Å². The Morgan fingerprint density at radius 3 is 2.36 bits per heavy atom. The number of hydrogen-bond donors (Lipinski definition) is 2. The van der Waals surface area contributed by atoms with E-state index in [1.807, 2.05) is 0 Å². The summed E-state index contributed by atoms with van der Waals surface area (Å²) in [5.74, 6) is -1.56. The number of urea groups is 1. The predicted molar refractivity (Wildman–Crippen MR) is 75.2 cm³/mol. The number of carbonyl (C=O) groups excluding carboxylic acids is 2. The van der Waals surface area contributed by atoms with E-state index in [1.54, 1.807) is 5.32 Å². The van der Waals surface area contributed by atoms with Crippen LogP contribution in [0.4, 0.5) is 28.0 Å². The fourth-order valence-corrected chi connectivity index (χ4v) is 1.33. The minimum absolute atomic E-state index is 0.0576. The minimum Gasteiger partial charge on any atom is -0.452 e. The molecule has 0 aliphatic heterocycles. The number of benzene rings is 1. The molecule has 0 aliphatic carbocycles. The van der Waals surface area contributed by atoms with Crippen molar-refractivity contribution in [3.05, 3.63) is 24.3 Å². The molecule has 0 fully saturated rings. The molecule has 0 saturated carbocycles. The number of nitriles is 1. The molecule has 0 aliphatic rings. The molecule has 25 heavy (non-hydrogen) atoms. The van der Waals surface area contributed by atoms with Crippen molar-refractivity contribution in [1.29, 1.82) is 5.26 Å². The van der Waals surface area contributed by atoms with Gasteiger partial charge in [0.05, 0.1) is 0 Å². The molecule has 2 N–H and O–H groups in total. The lowest BCUT2D eigenvalue weighted by molar-refractivity contribution is -0.236. The molecule has 0 bridgehead atoms. The van der Waals surface area contributed by atoms with Gasteiger partial charge in [0.2, 0.25) is 5.71 Å². The molecule has 0 spiro atoms. The molecule has 0 radical (unpaired) electrons. The van der Waals surface area contributed by atoms with Crippen LogP contribution in [-0.2, 0) is 9.63 Å². The first kappa shape index (κ1) is 19.7. The quantitative estimate of drug-likeness (QED) is 0.473. The van der Waals surface area contributed by atoms with Crippen molar-refractivity contribution in [3.8, 4) is 11.8 Å². The Kier molecular flexibility index (Phi) is 6.68. The standard InChI is InChI=1S/C13H10F4N4O4/c1-24-21-9(6-18)10(22)20-12(23)19-7-2-4-8(5-3-7)25-11(14)13(15,16)17/h2-5,11H,1H3,(H2,19,20,22,23). The number of alkyl halides is 4. The number of oxime groups is 1. The highest BCUT2D eigenvalue weighted by Crippen LogP contribution is 2.26. The number of ether oxygens (including phenoxy) is 1. The van der Waals surface area contributed by atoms with Crippen LogP contribution < -0.4 is 15.4 Å². The Balaban J connectivity index is 2.63. The van der Waals surface area contributed by atoms with Crippen molar-refractivity contribution in [1.82, 2.24) is 5.32 Å². The Hall–Kier alpha value is -3.36. The number of rotatable bonds is 5. The van der Waals surface area contributed by atoms with E-state index in [1.165, 1.54) is 6.07 Å². The third-order valence-corrected chi connectivity index (χ3v) is 2.34. The van der Waals surface area contributed by atoms with Gasteiger partial charge in [0.15, 0.2) is 0 Å². The van der Waals surface area contributed by atoms with Gasteiger partial charge in [-0.1, -0.05) is 5.16 Å². The van der Waals surface area contributed by atoms with Crippen LogP contribution in [0.5, 0.6) is 5.75 Å². The lowest BCUT2D eigenvalue weighted by Crippen LogP contribution is -2.38. The zero-order chi connectivity index (χ0) is 19.0. The average molecular weight is 362 g/mol. The Labute approximate surface area is 138 Å². The van der Waals surface area contributed by atoms with Gasteiger partial charge in [0, 0.05) is 5.69 Å². The van der Waals surface area contributed by atoms with Crippen molar-refractivity contribution in [2.24, 2.45) is 5.16 Å². The maximum absolute atomic E-state index is 12.7. The predicted octanol–water partition coefficient (Wildman–Crippen LogP) is 2.10. The lowest BCUT2D eigenvalue weighted by Gasteiger charge is -2.14. The van der Waals surface area contributed by atoms with Crippen LogP contribution in [0.1, 0.15) is 0 Å². The molecular formula is C13H10F4N4O4. The maximum Gasteiger partial charge on any atom is 0.457 e. The highest BCUT2D eigenvalue weighted by molar-refractivity contribution is 6.47. The van der Waals surface area contributed by atoms with Crippen molar-refractivity contribution in [3.63, 3.8) is 0 Å². The molecule has 0 heterocycles. The number of nitrogens with zero attached hydrogens (tertiary/aromatic N) is 2. The third kappa shape index (κ3) is 6.34. The highest BCUT2D eigenvalue weighted by atomic mass is 19.4. The lowest BCUT2D eigenvalue weighted by atomic mass is 10.3. The summed E-state index contributed by atoms with van der Waals surface area (Å²) in [6.07, 6.45) is -8.66. The molecular weight excluding hydrogens is 352 g/mol. The molecule has 1 rings (SSSR count). The van der Waals surface area contributed by atoms with Crippen LogP contribution in [0.15, 0.2) is 29.4 Å². The van der Waals surface area contributed by atoms with E-state index in [-0.39, 0.29) is 5.69 Å². The maximum atomic E-state index is 12.7. The molecule has 0 aromatic heterocycles. The summed E-state index contributed by atoms with van der Waals surface area (Å²) in [5.41, 5.74) is -0.648. The van der Waals surface area contributed by atoms with Crippen molar-refractivity contribution in [2.75, 3.05) is 12.4 Å². The summed E-state index contributed by atoms with van der Waals surface area (Å²) in [5, 5.41) is 15.6. The zero-order valence-electron chi connectivity index (χ0n) is 12.4. The normalized spacial score (nSPS) is 12.6. The first-order valence-corrected chi connectivity index (χ1v) is 6.28. The fraction of sp³-hybridized carbons (Fsp3) is 0.231. The monoisotopic (exact) mass is 362 g/mol. The van der Waals surface area contributed by atoms with Crippen LogP contribution >= 0.6 is 0 Å². The number of anilines is 1. The topological polar surface area (TPSA) is 113 Å². The second-order valence-electron chi connectivity index (χ2n) is 4.14. The molecule has 1 aromatic carbocycles. The molecule has 3 amide bonds. The van der Waals surface area contributed by atoms with Gasteiger partial charge >= 0.3 is 18.6 Å². The van der Waals surface area contributed by atoms with E-state index in [9.17, 15) is 27.2 Å². The van der Waals surface area contributed by atoms with Gasteiger partial charge < -0.3 is 14.9 Å². The molecule has 0 saturated heterocycles. The van der Waals surface area contributed by atoms with E-state index in [2.05, 4.69) is 20.0 Å². The van der Waals surface area contributed by atoms with Crippen molar-refractivity contribution >= 4 is 23.3 Å². The average Bonchev–Trinajstić information content (AvgIpc) is 2.53. The summed E-state index contributed by atoms with van der Waals surface area (Å²) >= 11 is 0. The molecule has 1 unspecified atom stereocenters. The van der Waals surface area contributed by atoms with Gasteiger partial charge in [-0.25, -0.2) is 4.79 Å². The van der Waals surface area contributed by atoms with Crippen LogP contribution in [-0.4, -0.2) is 37.3 Å². The van der Waals surface area contributed by atoms with Crippen LogP contribution in [0.2, 0.25) is 0 Å². The van der Waals surface area contributed by atoms with Gasteiger partial charge in [0.25, 0.3) is 5.91 Å². The zero-order valence-corrected chi connectivity index (χ0v) is 12.4. The number of amides is 3. The smallest absolute Gasteiger partial charge is 0.452 e. The van der Waals surface area contributed by atoms with Gasteiger partial charge in [-0.3, -0.25) is 10.1 Å². The van der Waals surface area contributed by atoms with Gasteiger partial charge in [-0.15, -0.1) is 0 Å². The molecule has 8 nitrogen and oxygen atoms in total. The van der Waals surface area contributed by atoms with E-state index in [0.717, 1.165) is 31.4 Å². The number of carbonyl (C=O) groups is 2. The van der Waals surface area contributed by atoms with Crippen LogP contribution in [0, 0.1) is 11.3 Å². The van der Waals surface area contributed by atoms with Gasteiger partial charge in [0.1, 0.15) is 18.9 Å². The minimum atomic E-state index is -5.17. The first-order chi connectivity index (χ1) is 11.7. The van der Waals surface area contributed by atoms with Crippen LogP contribution in [0.25, 0.3) is 0 Å². The summed E-state index contributed by atoms with van der Waals surface area (Å²) in [7, 11) is 1.09. The van der Waals surface area contributed by atoms with Crippen molar-refractivity contribution in [2.45, 2.75) is 12.5 Å². The Morgan fingerprint density at radius 1 is 1.28 bits per heavy atom. The van der Waals surface area contributed by atoms with Gasteiger partial charge in [-0.2, -0.15) is 22.8 Å². The van der Waals surface area contributed by atoms with Crippen LogP contribution in [0.3, 0.4) is 0 Å². The third-order valence-electron chi connectivity index (χ3n) is 2.34. The summed E-state index contributed by atoms with van der Waals surface area (Å²) in [6.45, 7) is 0. The fourth-order valence-electron chi connectivity index (χ4n) is 1.33. The summed E-state index contributed by atoms with van der Waals surface area (Å²) in [6, 6.07) is 4.52. The number of hydrogen-bond acceptors (Lipinski definition) is 6. The number of nitrogens with one attached hydrogen (secondary N) is 2. The summed E-state index contributed by atoms with van der Waals surface area (Å²) in [4.78, 5) is 27.2. The molecule has 1 aromatic rings. The summed E-state index contributed by atoms with van der Waals surface area (Å²) < 4.78 is 52.8. The molecule has 12 heteroatoms. The van der Waals surface area contributed by atoms with Gasteiger partial charge in [-0.05, 0) is 24.3 Å². The van der Waals surface area contributed by atoms with E-state index in [0.29, 0.717) is 0 Å². The number of imide groups is 1. The Bertz CT molecular complexity index is 697. The molecule has 1 atom stereocenters. The van der Waals surface area contributed by atoms with E-state index < -0.39 is 35.9 Å². The largest absolute Gasteiger partial charge is 0.457 e. The first-order valence-electron chi connectivity index (χ1n) is 6.28. The van der Waals surface area contributed by atoms with E-state index >= 15 is 0 Å². The highest BCUT2D eigenvalue weighted by Gasteiger charge is 2.42. The van der Waals surface area contributed by atoms with Crippen molar-refractivity contribution < 1.29 is 36.7 Å². The number of halogens is 4. The molecule has 134 valence electrons. The second-order valence-corrected chi connectivity index (χ2v) is 4.14. The SMILES string of the molecule is CON=C(C#N)C(=O)NC(=O)Nc1ccc(OC(F)C(F)(F)F)cc1.